The predicted octanol–water partition coefficient (Wildman–Crippen LogP) is 2.18. The highest BCUT2D eigenvalue weighted by Crippen LogP contribution is 2.24. The number of nitrogens with zero attached hydrogens (tertiary/aromatic N) is 3. The summed E-state index contributed by atoms with van der Waals surface area (Å²) in [6.45, 7) is 0. The minimum absolute atomic E-state index is 0.0975. The van der Waals surface area contributed by atoms with Crippen molar-refractivity contribution in [1.29, 1.82) is 0 Å². The first-order valence-corrected chi connectivity index (χ1v) is 7.86. The van der Waals surface area contributed by atoms with Crippen LogP contribution in [0.15, 0.2) is 55.1 Å². The van der Waals surface area contributed by atoms with E-state index >= 15 is 0 Å². The van der Waals surface area contributed by atoms with Crippen LogP contribution in [0.5, 0.6) is 0 Å². The molecule has 22 heavy (non-hydrogen) atoms. The lowest BCUT2D eigenvalue weighted by Gasteiger charge is -2.09. The van der Waals surface area contributed by atoms with Gasteiger partial charge in [-0.1, -0.05) is 12.1 Å². The van der Waals surface area contributed by atoms with E-state index in [1.165, 1.54) is 6.07 Å². The molecule has 0 amide bonds. The highest BCUT2D eigenvalue weighted by molar-refractivity contribution is 7.71. The van der Waals surface area contributed by atoms with Crippen LogP contribution in [-0.2, 0) is 16.5 Å². The number of pyridine rings is 1. The number of hydrogen-bond acceptors (Lipinski definition) is 4. The van der Waals surface area contributed by atoms with Gasteiger partial charge in [-0.15, -0.1) is 0 Å². The van der Waals surface area contributed by atoms with E-state index in [0.717, 1.165) is 0 Å². The number of rotatable bonds is 4. The molecule has 0 spiro atoms. The molecule has 0 fully saturated rings. The number of aromatic nitrogens is 3. The fourth-order valence-corrected chi connectivity index (χ4v) is 2.61. The standard InChI is InChI=1S/C15H12FN3O2S/c16-14-4-2-1-3-13(14)15-8-17-10-19(15)12-6-5-11(18-7-12)9-22(20)21/h1-8,10,22H,9H2. The number of thiol groups is 1. The Hall–Kier alpha value is -2.54. The highest BCUT2D eigenvalue weighted by atomic mass is 32.2. The van der Waals surface area contributed by atoms with Gasteiger partial charge in [0, 0.05) is 5.56 Å². The van der Waals surface area contributed by atoms with Gasteiger partial charge >= 0.3 is 0 Å². The van der Waals surface area contributed by atoms with Gasteiger partial charge < -0.3 is 0 Å². The van der Waals surface area contributed by atoms with Crippen molar-refractivity contribution in [2.45, 2.75) is 5.75 Å². The summed E-state index contributed by atoms with van der Waals surface area (Å²) in [5.74, 6) is -0.433. The molecule has 0 saturated heterocycles. The molecule has 0 N–H and O–H groups in total. The maximum Gasteiger partial charge on any atom is 0.145 e. The summed E-state index contributed by atoms with van der Waals surface area (Å²) in [5.41, 5.74) is 2.18. The number of imidazole rings is 1. The molecule has 0 aliphatic heterocycles. The first kappa shape index (κ1) is 14.4. The zero-order chi connectivity index (χ0) is 15.5. The van der Waals surface area contributed by atoms with Gasteiger partial charge in [-0.3, -0.25) is 9.55 Å². The maximum absolute atomic E-state index is 13.9. The third kappa shape index (κ3) is 2.89. The van der Waals surface area contributed by atoms with E-state index in [0.29, 0.717) is 22.6 Å². The molecular formula is C15H12FN3O2S. The van der Waals surface area contributed by atoms with E-state index in [-0.39, 0.29) is 11.6 Å². The fourth-order valence-electron chi connectivity index (χ4n) is 2.15. The van der Waals surface area contributed by atoms with Crippen LogP contribution < -0.4 is 0 Å². The SMILES string of the molecule is O=[SH](=O)Cc1ccc(-n2cncc2-c2ccccc2F)cn1. The summed E-state index contributed by atoms with van der Waals surface area (Å²) in [6, 6.07) is 9.80. The van der Waals surface area contributed by atoms with E-state index < -0.39 is 10.7 Å². The summed E-state index contributed by atoms with van der Waals surface area (Å²) in [4.78, 5) is 8.16. The Morgan fingerprint density at radius 1 is 1.09 bits per heavy atom. The van der Waals surface area contributed by atoms with Crippen LogP contribution in [0.2, 0.25) is 0 Å². The lowest BCUT2D eigenvalue weighted by Crippen LogP contribution is -1.99. The van der Waals surface area contributed by atoms with Gasteiger partial charge in [0.25, 0.3) is 0 Å². The van der Waals surface area contributed by atoms with E-state index in [2.05, 4.69) is 9.97 Å². The van der Waals surface area contributed by atoms with Crippen LogP contribution in [0, 0.1) is 5.82 Å². The summed E-state index contributed by atoms with van der Waals surface area (Å²) >= 11 is 0. The lowest BCUT2D eigenvalue weighted by molar-refractivity contribution is 0.613. The highest BCUT2D eigenvalue weighted by Gasteiger charge is 2.11. The van der Waals surface area contributed by atoms with Crippen LogP contribution in [0.1, 0.15) is 5.69 Å². The normalized spacial score (nSPS) is 11.0. The third-order valence-corrected chi connectivity index (χ3v) is 3.75. The second-order valence-corrected chi connectivity index (χ2v) is 5.61. The quantitative estimate of drug-likeness (QED) is 0.749. The molecule has 3 rings (SSSR count). The Morgan fingerprint density at radius 3 is 2.59 bits per heavy atom. The van der Waals surface area contributed by atoms with Crippen molar-refractivity contribution in [3.05, 3.63) is 66.6 Å². The molecule has 5 nitrogen and oxygen atoms in total. The average molecular weight is 317 g/mol. The Labute approximate surface area is 128 Å². The molecule has 112 valence electrons. The van der Waals surface area contributed by atoms with E-state index in [1.54, 1.807) is 53.6 Å². The van der Waals surface area contributed by atoms with Gasteiger partial charge in [0.2, 0.25) is 0 Å². The second-order valence-electron chi connectivity index (χ2n) is 4.63. The zero-order valence-electron chi connectivity index (χ0n) is 11.4. The Kier molecular flexibility index (Phi) is 3.97. The summed E-state index contributed by atoms with van der Waals surface area (Å²) < 4.78 is 37.0. The largest absolute Gasteiger partial charge is 0.297 e. The van der Waals surface area contributed by atoms with Crippen molar-refractivity contribution in [2.24, 2.45) is 0 Å². The van der Waals surface area contributed by atoms with Gasteiger partial charge in [-0.2, -0.15) is 0 Å². The van der Waals surface area contributed by atoms with Gasteiger partial charge in [-0.25, -0.2) is 17.8 Å². The van der Waals surface area contributed by atoms with Crippen LogP contribution in [0.4, 0.5) is 4.39 Å². The molecule has 0 atom stereocenters. The zero-order valence-corrected chi connectivity index (χ0v) is 12.3. The van der Waals surface area contributed by atoms with E-state index in [1.807, 2.05) is 0 Å². The molecule has 0 aliphatic carbocycles. The molecule has 0 unspecified atom stereocenters. The van der Waals surface area contributed by atoms with Crippen molar-refractivity contribution in [3.8, 4) is 16.9 Å². The molecule has 0 aliphatic rings. The van der Waals surface area contributed by atoms with Crippen molar-refractivity contribution < 1.29 is 12.8 Å². The molecule has 1 aromatic carbocycles. The molecular weight excluding hydrogens is 305 g/mol. The molecule has 0 saturated carbocycles. The lowest BCUT2D eigenvalue weighted by atomic mass is 10.1. The maximum atomic E-state index is 13.9. The van der Waals surface area contributed by atoms with Crippen molar-refractivity contribution in [3.63, 3.8) is 0 Å². The summed E-state index contributed by atoms with van der Waals surface area (Å²) in [7, 11) is -2.51. The topological polar surface area (TPSA) is 64.8 Å². The molecule has 0 radical (unpaired) electrons. The van der Waals surface area contributed by atoms with Gasteiger partial charge in [0.05, 0.1) is 41.5 Å². The molecule has 7 heteroatoms. The van der Waals surface area contributed by atoms with E-state index in [9.17, 15) is 12.8 Å². The fraction of sp³-hybridized carbons (Fsp3) is 0.0667. The minimum atomic E-state index is -2.51. The van der Waals surface area contributed by atoms with Crippen LogP contribution >= 0.6 is 0 Å². The molecule has 2 heterocycles. The first-order valence-electron chi connectivity index (χ1n) is 6.49. The average Bonchev–Trinajstić information content (AvgIpc) is 2.97. The minimum Gasteiger partial charge on any atom is -0.297 e. The second kappa shape index (κ2) is 6.07. The smallest absolute Gasteiger partial charge is 0.145 e. The van der Waals surface area contributed by atoms with Gasteiger partial charge in [0.1, 0.15) is 16.5 Å². The summed E-state index contributed by atoms with van der Waals surface area (Å²) in [5, 5.41) is 0. The Bertz CT molecular complexity index is 865. The summed E-state index contributed by atoms with van der Waals surface area (Å²) in [6.07, 6.45) is 4.67. The van der Waals surface area contributed by atoms with Crippen LogP contribution in [0.3, 0.4) is 0 Å². The number of hydrogen-bond donors (Lipinski definition) is 1. The molecule has 0 bridgehead atoms. The van der Waals surface area contributed by atoms with Crippen molar-refractivity contribution in [1.82, 2.24) is 14.5 Å². The molecule has 2 aromatic heterocycles. The van der Waals surface area contributed by atoms with Crippen molar-refractivity contribution >= 4 is 10.7 Å². The number of benzene rings is 1. The van der Waals surface area contributed by atoms with E-state index in [4.69, 9.17) is 0 Å². The first-order chi connectivity index (χ1) is 10.6. The number of halogens is 1. The predicted molar refractivity (Wildman–Crippen MR) is 80.8 cm³/mol. The third-order valence-electron chi connectivity index (χ3n) is 3.17. The van der Waals surface area contributed by atoms with Crippen LogP contribution in [-0.4, -0.2) is 23.0 Å². The van der Waals surface area contributed by atoms with Gasteiger partial charge in [0.15, 0.2) is 0 Å². The monoisotopic (exact) mass is 317 g/mol. The Balaban J connectivity index is 2.00. The molecule has 3 aromatic rings. The van der Waals surface area contributed by atoms with Crippen LogP contribution in [0.25, 0.3) is 16.9 Å². The van der Waals surface area contributed by atoms with Gasteiger partial charge in [-0.05, 0) is 24.3 Å². The van der Waals surface area contributed by atoms with Crippen molar-refractivity contribution in [2.75, 3.05) is 0 Å². The Morgan fingerprint density at radius 2 is 1.91 bits per heavy atom.